The van der Waals surface area contributed by atoms with E-state index < -0.39 is 0 Å². The van der Waals surface area contributed by atoms with Crippen LogP contribution in [0.2, 0.25) is 0 Å². The summed E-state index contributed by atoms with van der Waals surface area (Å²) in [6, 6.07) is 0. The molecule has 0 fully saturated rings. The maximum absolute atomic E-state index is 11.4. The summed E-state index contributed by atoms with van der Waals surface area (Å²) in [4.78, 5) is 15.6. The lowest BCUT2D eigenvalue weighted by atomic mass is 10.2. The summed E-state index contributed by atoms with van der Waals surface area (Å²) in [5.74, 6) is 0.703. The van der Waals surface area contributed by atoms with Gasteiger partial charge in [-0.1, -0.05) is 0 Å². The minimum Gasteiger partial charge on any atom is -0.461 e. The van der Waals surface area contributed by atoms with E-state index in [0.29, 0.717) is 12.3 Å². The fraction of sp³-hybridized carbons (Fsp3) is 0.600. The Balaban J connectivity index is 2.19. The van der Waals surface area contributed by atoms with Gasteiger partial charge in [0.1, 0.15) is 5.82 Å². The van der Waals surface area contributed by atoms with Crippen LogP contribution < -0.4 is 0 Å². The maximum Gasteiger partial charge on any atom is 0.358 e. The average Bonchev–Trinajstić information content (AvgIpc) is 2.61. The van der Waals surface area contributed by atoms with Crippen LogP contribution in [0.5, 0.6) is 0 Å². The van der Waals surface area contributed by atoms with E-state index in [1.54, 1.807) is 13.1 Å². The number of nitrogens with zero attached hydrogens (tertiary/aromatic N) is 2. The molecule has 14 heavy (non-hydrogen) atoms. The highest BCUT2D eigenvalue weighted by Gasteiger charge is 2.16. The minimum absolute atomic E-state index is 0.311. The van der Waals surface area contributed by atoms with E-state index in [2.05, 4.69) is 9.55 Å². The van der Waals surface area contributed by atoms with Gasteiger partial charge in [-0.15, -0.1) is 0 Å². The number of fused-ring (bicyclic) bond motifs is 1. The number of imidazole rings is 1. The van der Waals surface area contributed by atoms with Crippen LogP contribution in [-0.2, 0) is 17.7 Å². The summed E-state index contributed by atoms with van der Waals surface area (Å²) < 4.78 is 6.94. The van der Waals surface area contributed by atoms with Gasteiger partial charge < -0.3 is 9.30 Å². The minimum atomic E-state index is -0.311. The van der Waals surface area contributed by atoms with Crippen LogP contribution in [0.4, 0.5) is 0 Å². The summed E-state index contributed by atoms with van der Waals surface area (Å²) in [5.41, 5.74) is 0.448. The molecule has 1 aliphatic rings. The molecule has 0 amide bonds. The van der Waals surface area contributed by atoms with Gasteiger partial charge in [0.05, 0.1) is 6.61 Å². The quantitative estimate of drug-likeness (QED) is 0.668. The van der Waals surface area contributed by atoms with Crippen molar-refractivity contribution < 1.29 is 9.53 Å². The monoisotopic (exact) mass is 194 g/mol. The van der Waals surface area contributed by atoms with Crippen molar-refractivity contribution in [3.63, 3.8) is 0 Å². The van der Waals surface area contributed by atoms with Crippen LogP contribution in [0.1, 0.15) is 36.1 Å². The van der Waals surface area contributed by atoms with Gasteiger partial charge >= 0.3 is 5.97 Å². The van der Waals surface area contributed by atoms with Crippen molar-refractivity contribution in [2.75, 3.05) is 6.61 Å². The van der Waals surface area contributed by atoms with Crippen molar-refractivity contribution in [2.24, 2.45) is 0 Å². The fourth-order valence-electron chi connectivity index (χ4n) is 1.72. The zero-order chi connectivity index (χ0) is 9.97. The molecule has 2 heterocycles. The van der Waals surface area contributed by atoms with Crippen molar-refractivity contribution in [3.8, 4) is 0 Å². The molecule has 4 nitrogen and oxygen atoms in total. The van der Waals surface area contributed by atoms with Crippen molar-refractivity contribution in [1.29, 1.82) is 0 Å². The van der Waals surface area contributed by atoms with Crippen LogP contribution in [0.25, 0.3) is 0 Å². The molecule has 4 heteroatoms. The van der Waals surface area contributed by atoms with Crippen LogP contribution in [-0.4, -0.2) is 22.1 Å². The van der Waals surface area contributed by atoms with E-state index in [9.17, 15) is 4.79 Å². The van der Waals surface area contributed by atoms with Crippen molar-refractivity contribution in [2.45, 2.75) is 32.7 Å². The molecule has 0 N–H and O–H groups in total. The summed E-state index contributed by atoms with van der Waals surface area (Å²) in [6.45, 7) is 3.18. The number of esters is 1. The van der Waals surface area contributed by atoms with E-state index in [4.69, 9.17) is 4.74 Å². The molecule has 0 aliphatic carbocycles. The fourth-order valence-corrected chi connectivity index (χ4v) is 1.72. The predicted molar refractivity (Wildman–Crippen MR) is 51.1 cm³/mol. The smallest absolute Gasteiger partial charge is 0.358 e. The lowest BCUT2D eigenvalue weighted by Crippen LogP contribution is -2.08. The first-order chi connectivity index (χ1) is 6.81. The first kappa shape index (κ1) is 9.24. The van der Waals surface area contributed by atoms with Crippen molar-refractivity contribution in [3.05, 3.63) is 17.7 Å². The molecule has 2 rings (SSSR count). The van der Waals surface area contributed by atoms with E-state index in [1.807, 2.05) is 0 Å². The highest BCUT2D eigenvalue weighted by atomic mass is 16.5. The molecule has 0 spiro atoms. The molecule has 76 valence electrons. The lowest BCUT2D eigenvalue weighted by Gasteiger charge is -2.11. The molecule has 0 radical (unpaired) electrons. The Kier molecular flexibility index (Phi) is 2.52. The standard InChI is InChI=1S/C10H14N2O2/c1-2-14-10(13)8-7-12-6-4-3-5-9(12)11-8/h7H,2-6H2,1H3. The van der Waals surface area contributed by atoms with Crippen LogP contribution >= 0.6 is 0 Å². The number of ether oxygens (including phenoxy) is 1. The molecule has 0 saturated carbocycles. The Bertz CT molecular complexity index is 320. The maximum atomic E-state index is 11.4. The lowest BCUT2D eigenvalue weighted by molar-refractivity contribution is 0.0520. The number of carbonyl (C=O) groups is 1. The summed E-state index contributed by atoms with van der Waals surface area (Å²) in [5, 5.41) is 0. The van der Waals surface area contributed by atoms with E-state index in [1.165, 1.54) is 12.8 Å². The normalized spacial score (nSPS) is 14.9. The molecule has 0 unspecified atom stereocenters. The van der Waals surface area contributed by atoms with Crippen LogP contribution in [0.15, 0.2) is 6.20 Å². The molecule has 1 aromatic heterocycles. The topological polar surface area (TPSA) is 44.1 Å². The zero-order valence-electron chi connectivity index (χ0n) is 8.32. The Labute approximate surface area is 82.9 Å². The molecule has 1 aromatic rings. The molecule has 0 bridgehead atoms. The second kappa shape index (κ2) is 3.82. The van der Waals surface area contributed by atoms with Gasteiger partial charge in [0.2, 0.25) is 0 Å². The summed E-state index contributed by atoms with van der Waals surface area (Å²) >= 11 is 0. The SMILES string of the molecule is CCOC(=O)c1cn2c(n1)CCCC2. The third-order valence-electron chi connectivity index (χ3n) is 2.39. The van der Waals surface area contributed by atoms with Gasteiger partial charge in [-0.2, -0.15) is 0 Å². The van der Waals surface area contributed by atoms with Gasteiger partial charge in [0.15, 0.2) is 5.69 Å². The summed E-state index contributed by atoms with van der Waals surface area (Å²) in [6.07, 6.45) is 5.11. The highest BCUT2D eigenvalue weighted by molar-refractivity contribution is 5.87. The number of hydrogen-bond acceptors (Lipinski definition) is 3. The molecule has 0 saturated heterocycles. The second-order valence-corrected chi connectivity index (χ2v) is 3.41. The number of aromatic nitrogens is 2. The Morgan fingerprint density at radius 3 is 3.21 bits per heavy atom. The highest BCUT2D eigenvalue weighted by Crippen LogP contribution is 2.14. The van der Waals surface area contributed by atoms with Crippen LogP contribution in [0.3, 0.4) is 0 Å². The third kappa shape index (κ3) is 1.64. The molecule has 0 atom stereocenters. The number of rotatable bonds is 2. The number of aryl methyl sites for hydroxylation is 2. The summed E-state index contributed by atoms with van der Waals surface area (Å²) in [7, 11) is 0. The number of hydrogen-bond donors (Lipinski definition) is 0. The van der Waals surface area contributed by atoms with Gasteiger partial charge in [0, 0.05) is 19.2 Å². The Hall–Kier alpha value is -1.32. The Morgan fingerprint density at radius 1 is 1.64 bits per heavy atom. The van der Waals surface area contributed by atoms with E-state index in [-0.39, 0.29) is 5.97 Å². The molecular weight excluding hydrogens is 180 g/mol. The Morgan fingerprint density at radius 2 is 2.50 bits per heavy atom. The zero-order valence-corrected chi connectivity index (χ0v) is 8.32. The van der Waals surface area contributed by atoms with E-state index in [0.717, 1.165) is 18.8 Å². The number of carbonyl (C=O) groups excluding carboxylic acids is 1. The van der Waals surface area contributed by atoms with Gasteiger partial charge in [0.25, 0.3) is 0 Å². The average molecular weight is 194 g/mol. The van der Waals surface area contributed by atoms with Gasteiger partial charge in [-0.3, -0.25) is 0 Å². The first-order valence-corrected chi connectivity index (χ1v) is 5.04. The predicted octanol–water partition coefficient (Wildman–Crippen LogP) is 1.40. The van der Waals surface area contributed by atoms with Crippen LogP contribution in [0, 0.1) is 0 Å². The third-order valence-corrected chi connectivity index (χ3v) is 2.39. The largest absolute Gasteiger partial charge is 0.461 e. The second-order valence-electron chi connectivity index (χ2n) is 3.41. The molecule has 0 aromatic carbocycles. The molecule has 1 aliphatic heterocycles. The van der Waals surface area contributed by atoms with Crippen molar-refractivity contribution in [1.82, 2.24) is 9.55 Å². The van der Waals surface area contributed by atoms with Crippen molar-refractivity contribution >= 4 is 5.97 Å². The first-order valence-electron chi connectivity index (χ1n) is 5.04. The van der Waals surface area contributed by atoms with E-state index >= 15 is 0 Å². The molecular formula is C10H14N2O2. The van der Waals surface area contributed by atoms with Gasteiger partial charge in [-0.25, -0.2) is 9.78 Å². The van der Waals surface area contributed by atoms with Gasteiger partial charge in [-0.05, 0) is 19.8 Å².